The summed E-state index contributed by atoms with van der Waals surface area (Å²) in [4.78, 5) is 20.3. The van der Waals surface area contributed by atoms with Gasteiger partial charge in [0, 0.05) is 19.8 Å². The first-order valence-corrected chi connectivity index (χ1v) is 11.0. The molecule has 0 bridgehead atoms. The fourth-order valence-corrected chi connectivity index (χ4v) is 9.50. The van der Waals surface area contributed by atoms with Crippen molar-refractivity contribution < 1.29 is 27.6 Å². The maximum atomic E-state index is 12.4. The summed E-state index contributed by atoms with van der Waals surface area (Å²) in [5, 5.41) is 0. The molecule has 0 aromatic rings. The van der Waals surface area contributed by atoms with Crippen molar-refractivity contribution >= 4 is 16.4 Å². The molecular formula is C13H31O6PSi. The van der Waals surface area contributed by atoms with Crippen molar-refractivity contribution in [2.45, 2.75) is 59.2 Å². The molecule has 0 heterocycles. The van der Waals surface area contributed by atoms with E-state index in [0.717, 1.165) is 0 Å². The van der Waals surface area contributed by atoms with E-state index in [9.17, 15) is 14.4 Å². The molecule has 6 nitrogen and oxygen atoms in total. The molecule has 0 fully saturated rings. The Morgan fingerprint density at radius 2 is 1.38 bits per heavy atom. The Labute approximate surface area is 129 Å². The lowest BCUT2D eigenvalue weighted by Gasteiger charge is -2.47. The first kappa shape index (κ1) is 21.2. The maximum absolute atomic E-state index is 12.4. The Hall–Kier alpha value is 0.247. The Kier molecular flexibility index (Phi) is 8.87. The van der Waals surface area contributed by atoms with Crippen LogP contribution in [0, 0.1) is 5.92 Å². The molecular weight excluding hydrogens is 311 g/mol. The number of rotatable bonds is 11. The van der Waals surface area contributed by atoms with Crippen molar-refractivity contribution in [1.82, 2.24) is 0 Å². The highest BCUT2D eigenvalue weighted by Crippen LogP contribution is 2.62. The van der Waals surface area contributed by atoms with E-state index in [2.05, 4.69) is 0 Å². The van der Waals surface area contributed by atoms with Gasteiger partial charge in [-0.2, -0.15) is 0 Å². The fourth-order valence-electron chi connectivity index (χ4n) is 2.95. The van der Waals surface area contributed by atoms with Gasteiger partial charge < -0.3 is 23.1 Å². The zero-order chi connectivity index (χ0) is 16.7. The van der Waals surface area contributed by atoms with E-state index < -0.39 is 21.2 Å². The van der Waals surface area contributed by atoms with Gasteiger partial charge in [-0.05, 0) is 33.1 Å². The molecule has 0 aliphatic rings. The molecule has 0 rings (SSSR count). The minimum atomic E-state index is -4.50. The van der Waals surface area contributed by atoms with Crippen molar-refractivity contribution in [3.8, 4) is 0 Å². The van der Waals surface area contributed by atoms with Crippen LogP contribution in [0.4, 0.5) is 0 Å². The lowest BCUT2D eigenvalue weighted by Crippen LogP contribution is -2.67. The van der Waals surface area contributed by atoms with E-state index in [1.807, 2.05) is 13.8 Å². The van der Waals surface area contributed by atoms with E-state index in [1.54, 1.807) is 27.7 Å². The Morgan fingerprint density at radius 3 is 1.57 bits per heavy atom. The zero-order valence-corrected chi connectivity index (χ0v) is 16.0. The summed E-state index contributed by atoms with van der Waals surface area (Å²) in [7, 11) is -8.06. The predicted octanol–water partition coefficient (Wildman–Crippen LogP) is 2.95. The third-order valence-electron chi connectivity index (χ3n) is 4.02. The fraction of sp³-hybridized carbons (Fsp3) is 1.00. The van der Waals surface area contributed by atoms with Crippen LogP contribution in [0.5, 0.6) is 0 Å². The highest BCUT2D eigenvalue weighted by Gasteiger charge is 2.71. The van der Waals surface area contributed by atoms with Crippen LogP contribution in [-0.4, -0.2) is 43.2 Å². The van der Waals surface area contributed by atoms with Crippen LogP contribution < -0.4 is 0 Å². The van der Waals surface area contributed by atoms with Crippen LogP contribution in [-0.2, 0) is 17.8 Å². The van der Waals surface area contributed by atoms with E-state index in [0.29, 0.717) is 26.2 Å². The van der Waals surface area contributed by atoms with Gasteiger partial charge in [-0.3, -0.25) is 4.57 Å². The largest absolute Gasteiger partial charge is 0.520 e. The molecule has 0 spiro atoms. The molecule has 0 amide bonds. The van der Waals surface area contributed by atoms with Crippen LogP contribution in [0.25, 0.3) is 0 Å². The third-order valence-corrected chi connectivity index (χ3v) is 11.4. The first-order valence-electron chi connectivity index (χ1n) is 7.70. The first-order chi connectivity index (χ1) is 9.72. The maximum Gasteiger partial charge on any atom is 0.520 e. The second-order valence-electron chi connectivity index (χ2n) is 4.99. The quantitative estimate of drug-likeness (QED) is 0.443. The summed E-state index contributed by atoms with van der Waals surface area (Å²) < 4.78 is 28.5. The Morgan fingerprint density at radius 1 is 1.00 bits per heavy atom. The molecule has 0 saturated carbocycles. The molecule has 21 heavy (non-hydrogen) atoms. The molecule has 2 N–H and O–H groups in total. The van der Waals surface area contributed by atoms with Crippen LogP contribution in [0.3, 0.4) is 0 Å². The Balaban J connectivity index is 6.28. The van der Waals surface area contributed by atoms with Gasteiger partial charge in [0.15, 0.2) is 0 Å². The molecule has 0 aliphatic carbocycles. The monoisotopic (exact) mass is 342 g/mol. The van der Waals surface area contributed by atoms with Crippen LogP contribution >= 0.6 is 7.60 Å². The molecule has 2 atom stereocenters. The molecule has 0 aromatic heterocycles. The average molecular weight is 342 g/mol. The van der Waals surface area contributed by atoms with Gasteiger partial charge in [0.1, 0.15) is 4.78 Å². The Bertz CT molecular complexity index is 331. The molecule has 0 aliphatic heterocycles. The highest BCUT2D eigenvalue weighted by molar-refractivity contribution is 7.56. The van der Waals surface area contributed by atoms with Crippen LogP contribution in [0.15, 0.2) is 0 Å². The average Bonchev–Trinajstić information content (AvgIpc) is 2.39. The topological polar surface area (TPSA) is 85.2 Å². The minimum absolute atomic E-state index is 0.249. The van der Waals surface area contributed by atoms with Gasteiger partial charge in [-0.25, -0.2) is 0 Å². The smallest absolute Gasteiger partial charge is 0.373 e. The summed E-state index contributed by atoms with van der Waals surface area (Å²) in [6.07, 6.45) is 0.861. The van der Waals surface area contributed by atoms with Crippen molar-refractivity contribution in [2.24, 2.45) is 5.92 Å². The lowest BCUT2D eigenvalue weighted by molar-refractivity contribution is 0.0430. The van der Waals surface area contributed by atoms with E-state index in [1.165, 1.54) is 0 Å². The molecule has 2 unspecified atom stereocenters. The molecule has 0 aromatic carbocycles. The molecule has 0 radical (unpaired) electrons. The molecule has 8 heteroatoms. The van der Waals surface area contributed by atoms with Crippen LogP contribution in [0.1, 0.15) is 54.4 Å². The summed E-state index contributed by atoms with van der Waals surface area (Å²) in [6.45, 7) is 11.8. The predicted molar refractivity (Wildman–Crippen MR) is 85.2 cm³/mol. The molecule has 0 saturated heterocycles. The standard InChI is InChI=1S/C13H31O6PSi/c1-7-12(6)13(8-2,20(14,15)16)21(17-9-3,18-10-4)19-11-5/h12H,7-11H2,1-6H3,(H2,14,15,16). The third kappa shape index (κ3) is 3.96. The second-order valence-corrected chi connectivity index (χ2v) is 10.2. The van der Waals surface area contributed by atoms with Crippen LogP contribution in [0.2, 0.25) is 0 Å². The van der Waals surface area contributed by atoms with E-state index in [4.69, 9.17) is 13.3 Å². The summed E-state index contributed by atoms with van der Waals surface area (Å²) in [5.41, 5.74) is 0. The van der Waals surface area contributed by atoms with Gasteiger partial charge >= 0.3 is 16.4 Å². The van der Waals surface area contributed by atoms with E-state index in [-0.39, 0.29) is 12.3 Å². The van der Waals surface area contributed by atoms with Gasteiger partial charge in [-0.1, -0.05) is 27.2 Å². The van der Waals surface area contributed by atoms with Crippen molar-refractivity contribution in [2.75, 3.05) is 19.8 Å². The van der Waals surface area contributed by atoms with Gasteiger partial charge in [-0.15, -0.1) is 0 Å². The van der Waals surface area contributed by atoms with E-state index >= 15 is 0 Å². The summed E-state index contributed by atoms with van der Waals surface area (Å²) in [6, 6.07) is 0. The van der Waals surface area contributed by atoms with Crippen molar-refractivity contribution in [3.05, 3.63) is 0 Å². The van der Waals surface area contributed by atoms with Crippen molar-refractivity contribution in [3.63, 3.8) is 0 Å². The van der Waals surface area contributed by atoms with Crippen molar-refractivity contribution in [1.29, 1.82) is 0 Å². The van der Waals surface area contributed by atoms with Gasteiger partial charge in [0.05, 0.1) is 0 Å². The second kappa shape index (κ2) is 8.77. The van der Waals surface area contributed by atoms with Gasteiger partial charge in [0.25, 0.3) is 0 Å². The normalized spacial score (nSPS) is 17.5. The SMILES string of the molecule is CCO[Si](OCC)(OCC)C(CC)(C(C)CC)P(=O)(O)O. The van der Waals surface area contributed by atoms with Gasteiger partial charge in [0.2, 0.25) is 0 Å². The molecule has 128 valence electrons. The highest BCUT2D eigenvalue weighted by atomic mass is 31.2. The number of hydrogen-bond donors (Lipinski definition) is 2. The number of hydrogen-bond acceptors (Lipinski definition) is 4. The minimum Gasteiger partial charge on any atom is -0.373 e. The lowest BCUT2D eigenvalue weighted by atomic mass is 10.0. The summed E-state index contributed by atoms with van der Waals surface area (Å²) >= 11 is 0. The zero-order valence-electron chi connectivity index (χ0n) is 14.1. The summed E-state index contributed by atoms with van der Waals surface area (Å²) in [5.74, 6) is -0.278.